The molecule has 4 heteroatoms. The van der Waals surface area contributed by atoms with Gasteiger partial charge in [0.2, 0.25) is 0 Å². The first-order chi connectivity index (χ1) is 25.1. The molecule has 0 spiro atoms. The fourth-order valence-corrected chi connectivity index (χ4v) is 12.8. The highest BCUT2D eigenvalue weighted by Crippen LogP contribution is 2.33. The van der Waals surface area contributed by atoms with Crippen molar-refractivity contribution in [2.75, 3.05) is 0 Å². The minimum atomic E-state index is -2.71. The molecule has 1 aliphatic heterocycles. The van der Waals surface area contributed by atoms with E-state index < -0.39 is 8.07 Å². The summed E-state index contributed by atoms with van der Waals surface area (Å²) in [6, 6.07) is 63.5. The number of nitrogens with zero attached hydrogens (tertiary/aromatic N) is 3. The number of benzene rings is 7. The van der Waals surface area contributed by atoms with Crippen molar-refractivity contribution in [2.24, 2.45) is 0 Å². The molecule has 0 atom stereocenters. The van der Waals surface area contributed by atoms with Gasteiger partial charge in [0, 0.05) is 16.7 Å². The first-order valence-corrected chi connectivity index (χ1v) is 19.4. The van der Waals surface area contributed by atoms with Gasteiger partial charge in [-0.25, -0.2) is 15.0 Å². The van der Waals surface area contributed by atoms with E-state index in [4.69, 9.17) is 15.0 Å². The number of aryl methyl sites for hydroxylation is 2. The molecule has 242 valence electrons. The van der Waals surface area contributed by atoms with Crippen LogP contribution in [0.25, 0.3) is 56.4 Å². The van der Waals surface area contributed by atoms with E-state index in [2.05, 4.69) is 166 Å². The Hall–Kier alpha value is -6.23. The monoisotopic (exact) mass is 669 g/mol. The molecule has 0 unspecified atom stereocenters. The second kappa shape index (κ2) is 12.6. The minimum absolute atomic E-state index is 0.654. The van der Waals surface area contributed by atoms with E-state index in [9.17, 15) is 0 Å². The molecule has 0 saturated carbocycles. The van der Waals surface area contributed by atoms with E-state index in [0.29, 0.717) is 17.5 Å². The van der Waals surface area contributed by atoms with Gasteiger partial charge >= 0.3 is 0 Å². The van der Waals surface area contributed by atoms with Crippen molar-refractivity contribution < 1.29 is 0 Å². The smallest absolute Gasteiger partial charge is 0.180 e. The number of hydrogen-bond donors (Lipinski definition) is 0. The molecule has 0 radical (unpaired) electrons. The molecule has 3 nitrogen and oxygen atoms in total. The Balaban J connectivity index is 1.28. The largest absolute Gasteiger partial charge is 0.208 e. The van der Waals surface area contributed by atoms with Crippen LogP contribution in [0.3, 0.4) is 0 Å². The zero-order valence-corrected chi connectivity index (χ0v) is 29.6. The minimum Gasteiger partial charge on any atom is -0.208 e. The van der Waals surface area contributed by atoms with Gasteiger partial charge in [0.1, 0.15) is 0 Å². The predicted octanol–water partition coefficient (Wildman–Crippen LogP) is 8.51. The third kappa shape index (κ3) is 5.32. The van der Waals surface area contributed by atoms with Gasteiger partial charge in [-0.05, 0) is 62.9 Å². The highest BCUT2D eigenvalue weighted by molar-refractivity contribution is 7.22. The van der Waals surface area contributed by atoms with Crippen LogP contribution in [0.5, 0.6) is 0 Å². The number of rotatable bonds is 6. The van der Waals surface area contributed by atoms with E-state index in [1.165, 1.54) is 43.0 Å². The van der Waals surface area contributed by atoms with E-state index in [1.54, 1.807) is 0 Å². The molecule has 0 amide bonds. The van der Waals surface area contributed by atoms with Gasteiger partial charge in [0.05, 0.1) is 0 Å². The Kier molecular flexibility index (Phi) is 7.60. The highest BCUT2D eigenvalue weighted by atomic mass is 28.3. The van der Waals surface area contributed by atoms with Crippen molar-refractivity contribution in [2.45, 2.75) is 13.8 Å². The maximum Gasteiger partial charge on any atom is 0.180 e. The van der Waals surface area contributed by atoms with Crippen LogP contribution in [0.1, 0.15) is 11.1 Å². The van der Waals surface area contributed by atoms with Crippen molar-refractivity contribution in [1.82, 2.24) is 15.0 Å². The molecule has 0 saturated heterocycles. The molecule has 1 aliphatic rings. The summed E-state index contributed by atoms with van der Waals surface area (Å²) in [5.74, 6) is 1.98. The molecule has 1 aromatic heterocycles. The van der Waals surface area contributed by atoms with Gasteiger partial charge in [-0.1, -0.05) is 181 Å². The van der Waals surface area contributed by atoms with Crippen molar-refractivity contribution >= 4 is 28.8 Å². The van der Waals surface area contributed by atoms with E-state index >= 15 is 0 Å². The molecule has 9 rings (SSSR count). The van der Waals surface area contributed by atoms with Crippen LogP contribution in [0.15, 0.2) is 176 Å². The lowest BCUT2D eigenvalue weighted by Crippen LogP contribution is -2.72. The van der Waals surface area contributed by atoms with Crippen molar-refractivity contribution in [3.05, 3.63) is 187 Å². The quantitative estimate of drug-likeness (QED) is 0.167. The Labute approximate surface area is 300 Å². The summed E-state index contributed by atoms with van der Waals surface area (Å²) in [5, 5.41) is 5.53. The molecular formula is C47H35N3Si. The lowest BCUT2D eigenvalue weighted by atomic mass is 10.0. The molecule has 0 N–H and O–H groups in total. The Bertz CT molecular complexity index is 2480. The van der Waals surface area contributed by atoms with Crippen LogP contribution in [0.2, 0.25) is 0 Å². The van der Waals surface area contributed by atoms with Crippen molar-refractivity contribution in [3.63, 3.8) is 0 Å². The average molecular weight is 670 g/mol. The summed E-state index contributed by atoms with van der Waals surface area (Å²) in [6.45, 7) is 4.33. The predicted molar refractivity (Wildman–Crippen MR) is 214 cm³/mol. The number of fused-ring (bicyclic) bond motifs is 3. The van der Waals surface area contributed by atoms with Crippen LogP contribution in [0, 0.1) is 13.8 Å². The first-order valence-electron chi connectivity index (χ1n) is 17.4. The van der Waals surface area contributed by atoms with Gasteiger partial charge in [-0.3, -0.25) is 0 Å². The highest BCUT2D eigenvalue weighted by Gasteiger charge is 2.48. The molecule has 2 heterocycles. The molecule has 51 heavy (non-hydrogen) atoms. The fraction of sp³-hybridized carbons (Fsp3) is 0.0426. The maximum atomic E-state index is 5.22. The van der Waals surface area contributed by atoms with Crippen molar-refractivity contribution in [1.29, 1.82) is 0 Å². The lowest BCUT2D eigenvalue weighted by molar-refractivity contribution is 1.07. The molecule has 0 aliphatic carbocycles. The number of hydrogen-bond acceptors (Lipinski definition) is 3. The van der Waals surface area contributed by atoms with E-state index in [-0.39, 0.29) is 0 Å². The van der Waals surface area contributed by atoms with E-state index in [1.807, 2.05) is 24.3 Å². The second-order valence-electron chi connectivity index (χ2n) is 13.4. The summed E-state index contributed by atoms with van der Waals surface area (Å²) >= 11 is 0. The van der Waals surface area contributed by atoms with Crippen LogP contribution in [0.4, 0.5) is 0 Å². The summed E-state index contributed by atoms with van der Waals surface area (Å²) in [5.41, 5.74) is 10.3. The summed E-state index contributed by atoms with van der Waals surface area (Å²) < 4.78 is 0. The molecular weight excluding hydrogens is 635 g/mol. The van der Waals surface area contributed by atoms with Gasteiger partial charge < -0.3 is 0 Å². The van der Waals surface area contributed by atoms with Crippen LogP contribution in [-0.4, -0.2) is 23.0 Å². The zero-order valence-electron chi connectivity index (χ0n) is 28.6. The van der Waals surface area contributed by atoms with Crippen LogP contribution < -0.4 is 20.7 Å². The summed E-state index contributed by atoms with van der Waals surface area (Å²) in [6.07, 6.45) is 0. The third-order valence-corrected chi connectivity index (χ3v) is 15.0. The zero-order chi connectivity index (χ0) is 34.4. The van der Waals surface area contributed by atoms with Gasteiger partial charge in [-0.2, -0.15) is 0 Å². The third-order valence-electron chi connectivity index (χ3n) is 10.2. The standard InChI is InChI=1S/C47H35N3Si/c1-32-20-25-39(26-21-32)51(40-27-22-33(2)23-28-40)43-19-10-9-18-41(43)42-29-24-38(31-44(42)51)47-49-45(35-14-7-4-8-15-35)48-46(50-47)37-17-11-16-36(30-37)34-12-5-3-6-13-34/h3-31H,1-2H3. The number of aromatic nitrogens is 3. The maximum absolute atomic E-state index is 5.22. The van der Waals surface area contributed by atoms with Crippen molar-refractivity contribution in [3.8, 4) is 56.4 Å². The van der Waals surface area contributed by atoms with E-state index in [0.717, 1.165) is 27.8 Å². The normalized spacial score (nSPS) is 12.7. The molecule has 0 bridgehead atoms. The lowest BCUT2D eigenvalue weighted by Gasteiger charge is -2.31. The Morgan fingerprint density at radius 2 is 0.804 bits per heavy atom. The first kappa shape index (κ1) is 30.8. The topological polar surface area (TPSA) is 38.7 Å². The average Bonchev–Trinajstić information content (AvgIpc) is 3.49. The Morgan fingerprint density at radius 3 is 1.43 bits per heavy atom. The van der Waals surface area contributed by atoms with Crippen LogP contribution in [-0.2, 0) is 0 Å². The summed E-state index contributed by atoms with van der Waals surface area (Å²) in [7, 11) is -2.71. The fourth-order valence-electron chi connectivity index (χ4n) is 7.63. The summed E-state index contributed by atoms with van der Waals surface area (Å²) in [4.78, 5) is 15.4. The van der Waals surface area contributed by atoms with Gasteiger partial charge in [0.25, 0.3) is 0 Å². The molecule has 8 aromatic rings. The molecule has 7 aromatic carbocycles. The SMILES string of the molecule is Cc1ccc([Si]2(c3ccc(C)cc3)c3ccccc3-c3ccc(-c4nc(-c5ccccc5)nc(-c5cccc(-c6ccccc6)c5)n4)cc32)cc1. The second-order valence-corrected chi connectivity index (χ2v) is 17.1. The van der Waals surface area contributed by atoms with Gasteiger partial charge in [-0.15, -0.1) is 0 Å². The van der Waals surface area contributed by atoms with Crippen LogP contribution >= 0.6 is 0 Å². The van der Waals surface area contributed by atoms with Gasteiger partial charge in [0.15, 0.2) is 25.5 Å². The molecule has 0 fully saturated rings. The Morgan fingerprint density at radius 1 is 0.333 bits per heavy atom.